The maximum absolute atomic E-state index is 12.9. The Kier molecular flexibility index (Phi) is 5.98. The number of benzene rings is 3. The van der Waals surface area contributed by atoms with Crippen LogP contribution in [-0.4, -0.2) is 32.1 Å². The van der Waals surface area contributed by atoms with Crippen molar-refractivity contribution < 1.29 is 19.1 Å². The predicted octanol–water partition coefficient (Wildman–Crippen LogP) is 3.85. The molecule has 2 atom stereocenters. The van der Waals surface area contributed by atoms with Crippen LogP contribution in [0.5, 0.6) is 5.75 Å². The summed E-state index contributed by atoms with van der Waals surface area (Å²) in [5.41, 5.74) is 1.93. The van der Waals surface area contributed by atoms with Crippen molar-refractivity contribution in [2.45, 2.75) is 18.8 Å². The van der Waals surface area contributed by atoms with Gasteiger partial charge in [-0.15, -0.1) is 0 Å². The monoisotopic (exact) mass is 403 g/mol. The molecule has 0 aromatic heterocycles. The molecule has 5 heteroatoms. The molecular weight excluding hydrogens is 378 g/mol. The zero-order chi connectivity index (χ0) is 20.9. The van der Waals surface area contributed by atoms with Gasteiger partial charge >= 0.3 is 5.97 Å². The van der Waals surface area contributed by atoms with Crippen molar-refractivity contribution in [3.63, 3.8) is 0 Å². The van der Waals surface area contributed by atoms with Gasteiger partial charge in [0.15, 0.2) is 0 Å². The quantitative estimate of drug-likeness (QED) is 0.635. The SMILES string of the molecule is COC(=O)C(CNC(=O)C1CCOc2ccccc21)Cc1ccc2ccccc2c1. The maximum Gasteiger partial charge on any atom is 0.310 e. The van der Waals surface area contributed by atoms with Crippen LogP contribution in [-0.2, 0) is 20.7 Å². The molecule has 154 valence electrons. The molecule has 1 amide bonds. The van der Waals surface area contributed by atoms with Crippen LogP contribution in [0.2, 0.25) is 0 Å². The Hall–Kier alpha value is -3.34. The third-order valence-electron chi connectivity index (χ3n) is 5.63. The molecule has 3 aromatic rings. The Morgan fingerprint density at radius 2 is 1.83 bits per heavy atom. The second-order valence-electron chi connectivity index (χ2n) is 7.58. The third-order valence-corrected chi connectivity index (χ3v) is 5.63. The lowest BCUT2D eigenvalue weighted by Crippen LogP contribution is -2.38. The zero-order valence-corrected chi connectivity index (χ0v) is 17.0. The van der Waals surface area contributed by atoms with Crippen molar-refractivity contribution in [1.29, 1.82) is 0 Å². The van der Waals surface area contributed by atoms with Crippen molar-refractivity contribution in [2.75, 3.05) is 20.3 Å². The highest BCUT2D eigenvalue weighted by atomic mass is 16.5. The van der Waals surface area contributed by atoms with Crippen LogP contribution in [0.25, 0.3) is 10.8 Å². The number of fused-ring (bicyclic) bond motifs is 2. The van der Waals surface area contributed by atoms with E-state index in [4.69, 9.17) is 9.47 Å². The van der Waals surface area contributed by atoms with E-state index >= 15 is 0 Å². The molecule has 4 rings (SSSR count). The molecule has 0 bridgehead atoms. The van der Waals surface area contributed by atoms with Crippen molar-refractivity contribution in [3.05, 3.63) is 77.9 Å². The largest absolute Gasteiger partial charge is 0.493 e. The number of carbonyl (C=O) groups excluding carboxylic acids is 2. The highest BCUT2D eigenvalue weighted by Gasteiger charge is 2.29. The summed E-state index contributed by atoms with van der Waals surface area (Å²) in [5, 5.41) is 5.25. The number of methoxy groups -OCH3 is 1. The summed E-state index contributed by atoms with van der Waals surface area (Å²) in [6.45, 7) is 0.741. The van der Waals surface area contributed by atoms with Gasteiger partial charge in [-0.3, -0.25) is 9.59 Å². The van der Waals surface area contributed by atoms with E-state index in [2.05, 4.69) is 29.6 Å². The fraction of sp³-hybridized carbons (Fsp3) is 0.280. The Balaban J connectivity index is 1.46. The number of carbonyl (C=O) groups is 2. The minimum absolute atomic E-state index is 0.0850. The van der Waals surface area contributed by atoms with Crippen molar-refractivity contribution in [2.24, 2.45) is 5.92 Å². The molecule has 5 nitrogen and oxygen atoms in total. The van der Waals surface area contributed by atoms with E-state index in [1.165, 1.54) is 7.11 Å². The fourth-order valence-electron chi connectivity index (χ4n) is 4.02. The molecular formula is C25H25NO4. The van der Waals surface area contributed by atoms with Crippen molar-refractivity contribution in [1.82, 2.24) is 5.32 Å². The lowest BCUT2D eigenvalue weighted by molar-refractivity contribution is -0.145. The fourth-order valence-corrected chi connectivity index (χ4v) is 4.02. The number of hydrogen-bond acceptors (Lipinski definition) is 4. The summed E-state index contributed by atoms with van der Waals surface area (Å²) in [6, 6.07) is 21.9. The average Bonchev–Trinajstić information content (AvgIpc) is 2.80. The molecule has 1 aliphatic rings. The van der Waals surface area contributed by atoms with E-state index in [1.54, 1.807) is 0 Å². The highest BCUT2D eigenvalue weighted by molar-refractivity contribution is 5.86. The summed E-state index contributed by atoms with van der Waals surface area (Å²) >= 11 is 0. The van der Waals surface area contributed by atoms with Gasteiger partial charge in [-0.05, 0) is 35.2 Å². The number of nitrogens with one attached hydrogen (secondary N) is 1. The molecule has 0 radical (unpaired) electrons. The molecule has 1 heterocycles. The summed E-state index contributed by atoms with van der Waals surface area (Å²) in [6.07, 6.45) is 1.12. The number of ether oxygens (including phenoxy) is 2. The second-order valence-corrected chi connectivity index (χ2v) is 7.58. The maximum atomic E-state index is 12.9. The van der Waals surface area contributed by atoms with Gasteiger partial charge in [0, 0.05) is 12.1 Å². The molecule has 2 unspecified atom stereocenters. The summed E-state index contributed by atoms with van der Waals surface area (Å²) < 4.78 is 10.6. The van der Waals surface area contributed by atoms with Crippen LogP contribution in [0, 0.1) is 5.92 Å². The first kappa shape index (κ1) is 20.0. The molecule has 0 saturated heterocycles. The van der Waals surface area contributed by atoms with Crippen LogP contribution >= 0.6 is 0 Å². The average molecular weight is 403 g/mol. The Bertz CT molecular complexity index is 1060. The molecule has 0 spiro atoms. The predicted molar refractivity (Wildman–Crippen MR) is 115 cm³/mol. The van der Waals surface area contributed by atoms with Crippen LogP contribution in [0.1, 0.15) is 23.5 Å². The topological polar surface area (TPSA) is 64.6 Å². The van der Waals surface area contributed by atoms with Gasteiger partial charge in [0.1, 0.15) is 5.75 Å². The van der Waals surface area contributed by atoms with Crippen LogP contribution in [0.15, 0.2) is 66.7 Å². The van der Waals surface area contributed by atoms with Crippen molar-refractivity contribution >= 4 is 22.6 Å². The summed E-state index contributed by atoms with van der Waals surface area (Å²) in [7, 11) is 1.38. The molecule has 3 aromatic carbocycles. The van der Waals surface area contributed by atoms with Gasteiger partial charge in [0.25, 0.3) is 0 Å². The highest BCUT2D eigenvalue weighted by Crippen LogP contribution is 2.33. The van der Waals surface area contributed by atoms with Crippen LogP contribution in [0.4, 0.5) is 0 Å². The number of esters is 1. The minimum Gasteiger partial charge on any atom is -0.493 e. The number of rotatable bonds is 6. The van der Waals surface area contributed by atoms with E-state index in [-0.39, 0.29) is 24.3 Å². The second kappa shape index (κ2) is 8.99. The lowest BCUT2D eigenvalue weighted by Gasteiger charge is -2.25. The smallest absolute Gasteiger partial charge is 0.310 e. The Morgan fingerprint density at radius 3 is 2.67 bits per heavy atom. The van der Waals surface area contributed by atoms with E-state index in [0.717, 1.165) is 27.6 Å². The van der Waals surface area contributed by atoms with Gasteiger partial charge in [-0.2, -0.15) is 0 Å². The van der Waals surface area contributed by atoms with Crippen LogP contribution < -0.4 is 10.1 Å². The first-order valence-corrected chi connectivity index (χ1v) is 10.2. The van der Waals surface area contributed by atoms with Crippen molar-refractivity contribution in [3.8, 4) is 5.75 Å². The molecule has 0 aliphatic carbocycles. The molecule has 1 aliphatic heterocycles. The molecule has 1 N–H and O–H groups in total. The third kappa shape index (κ3) is 4.30. The first-order valence-electron chi connectivity index (χ1n) is 10.2. The number of hydrogen-bond donors (Lipinski definition) is 1. The molecule has 30 heavy (non-hydrogen) atoms. The molecule has 0 saturated carbocycles. The van der Waals surface area contributed by atoms with Gasteiger partial charge < -0.3 is 14.8 Å². The lowest BCUT2D eigenvalue weighted by atomic mass is 9.92. The number of para-hydroxylation sites is 1. The van der Waals surface area contributed by atoms with Gasteiger partial charge in [-0.1, -0.05) is 60.7 Å². The summed E-state index contributed by atoms with van der Waals surface area (Å²) in [5.74, 6) is -0.373. The standard InChI is InChI=1S/C25H25NO4/c1-29-25(28)20(15-17-10-11-18-6-2-3-7-19(18)14-17)16-26-24(27)22-12-13-30-23-9-5-4-8-21(22)23/h2-11,14,20,22H,12-13,15-16H2,1H3,(H,26,27). The van der Waals surface area contributed by atoms with E-state index < -0.39 is 5.92 Å². The van der Waals surface area contributed by atoms with E-state index in [0.29, 0.717) is 19.4 Å². The Morgan fingerprint density at radius 1 is 1.07 bits per heavy atom. The van der Waals surface area contributed by atoms with Gasteiger partial charge in [-0.25, -0.2) is 0 Å². The zero-order valence-electron chi connectivity index (χ0n) is 17.0. The van der Waals surface area contributed by atoms with Gasteiger partial charge in [0.05, 0.1) is 25.6 Å². The number of amides is 1. The van der Waals surface area contributed by atoms with E-state index in [9.17, 15) is 9.59 Å². The van der Waals surface area contributed by atoms with E-state index in [1.807, 2.05) is 42.5 Å². The normalized spacial score (nSPS) is 16.2. The first-order chi connectivity index (χ1) is 14.7. The molecule has 0 fully saturated rings. The summed E-state index contributed by atoms with van der Waals surface area (Å²) in [4.78, 5) is 25.3. The van der Waals surface area contributed by atoms with Crippen LogP contribution in [0.3, 0.4) is 0 Å². The van der Waals surface area contributed by atoms with Gasteiger partial charge in [0.2, 0.25) is 5.91 Å². The minimum atomic E-state index is -0.449. The Labute approximate surface area is 176 Å².